The number of rotatable bonds is 5. The number of carbonyl (C=O) groups excluding carboxylic acids is 1. The lowest BCUT2D eigenvalue weighted by molar-refractivity contribution is 0.0432. The number of methoxy groups -OCH3 is 1. The predicted octanol–water partition coefficient (Wildman–Crippen LogP) is 3.66. The van der Waals surface area contributed by atoms with Crippen LogP contribution in [0.25, 0.3) is 11.0 Å². The highest BCUT2D eigenvalue weighted by molar-refractivity contribution is 5.96. The summed E-state index contributed by atoms with van der Waals surface area (Å²) in [5, 5.41) is 0.847. The van der Waals surface area contributed by atoms with Crippen LogP contribution in [0.4, 0.5) is 0 Å². The van der Waals surface area contributed by atoms with Gasteiger partial charge in [0.1, 0.15) is 12.2 Å². The molecule has 0 atom stereocenters. The summed E-state index contributed by atoms with van der Waals surface area (Å²) in [7, 11) is 1.57. The first kappa shape index (κ1) is 15.5. The summed E-state index contributed by atoms with van der Waals surface area (Å²) in [4.78, 5) is 12.5. The molecule has 2 heterocycles. The summed E-state index contributed by atoms with van der Waals surface area (Å²) in [6.07, 6.45) is 0. The Morgan fingerprint density at radius 3 is 2.80 bits per heavy atom. The molecule has 6 nitrogen and oxygen atoms in total. The molecule has 0 aliphatic carbocycles. The fraction of sp³-hybridized carbons (Fsp3) is 0.211. The van der Waals surface area contributed by atoms with Crippen LogP contribution in [0.3, 0.4) is 0 Å². The zero-order valence-corrected chi connectivity index (χ0v) is 13.6. The van der Waals surface area contributed by atoms with Crippen LogP contribution in [0.2, 0.25) is 0 Å². The van der Waals surface area contributed by atoms with Crippen molar-refractivity contribution in [2.45, 2.75) is 13.2 Å². The number of hydrogen-bond donors (Lipinski definition) is 0. The van der Waals surface area contributed by atoms with Crippen LogP contribution in [-0.4, -0.2) is 19.9 Å². The van der Waals surface area contributed by atoms with E-state index in [9.17, 15) is 4.79 Å². The van der Waals surface area contributed by atoms with Crippen molar-refractivity contribution >= 4 is 16.9 Å². The Balaban J connectivity index is 1.55. The second kappa shape index (κ2) is 6.49. The first-order valence-corrected chi connectivity index (χ1v) is 7.81. The molecule has 0 spiro atoms. The van der Waals surface area contributed by atoms with Crippen molar-refractivity contribution in [3.63, 3.8) is 0 Å². The standard InChI is InChI=1S/C19H16O6/c1-21-10-14-13-4-2-3-5-15(13)25-18(14)19(20)22-9-12-6-7-16-17(8-12)24-11-23-16/h2-8H,9-11H2,1H3. The van der Waals surface area contributed by atoms with Crippen LogP contribution in [0.15, 0.2) is 46.9 Å². The number of para-hydroxylation sites is 1. The molecule has 1 aliphatic rings. The smallest absolute Gasteiger partial charge is 0.374 e. The van der Waals surface area contributed by atoms with Crippen molar-refractivity contribution in [1.29, 1.82) is 0 Å². The van der Waals surface area contributed by atoms with E-state index in [0.29, 0.717) is 22.6 Å². The summed E-state index contributed by atoms with van der Waals surface area (Å²) >= 11 is 0. The lowest BCUT2D eigenvalue weighted by Crippen LogP contribution is -2.07. The number of carbonyl (C=O) groups is 1. The molecule has 6 heteroatoms. The number of esters is 1. The minimum atomic E-state index is -0.527. The van der Waals surface area contributed by atoms with Crippen LogP contribution in [0.5, 0.6) is 11.5 Å². The Bertz CT molecular complexity index is 927. The average molecular weight is 340 g/mol. The second-order valence-electron chi connectivity index (χ2n) is 5.60. The molecule has 0 N–H and O–H groups in total. The highest BCUT2D eigenvalue weighted by Gasteiger charge is 2.22. The quantitative estimate of drug-likeness (QED) is 0.660. The summed E-state index contributed by atoms with van der Waals surface area (Å²) in [6, 6.07) is 12.9. The zero-order valence-electron chi connectivity index (χ0n) is 13.6. The first-order valence-electron chi connectivity index (χ1n) is 7.81. The maximum Gasteiger partial charge on any atom is 0.374 e. The van der Waals surface area contributed by atoms with E-state index in [1.807, 2.05) is 30.3 Å². The Morgan fingerprint density at radius 2 is 1.92 bits per heavy atom. The topological polar surface area (TPSA) is 67.1 Å². The normalized spacial score (nSPS) is 12.5. The lowest BCUT2D eigenvalue weighted by atomic mass is 10.1. The van der Waals surface area contributed by atoms with Crippen molar-refractivity contribution < 1.29 is 28.2 Å². The van der Waals surface area contributed by atoms with Gasteiger partial charge < -0.3 is 23.4 Å². The van der Waals surface area contributed by atoms with E-state index in [1.165, 1.54) is 0 Å². The Hall–Kier alpha value is -2.99. The van der Waals surface area contributed by atoms with Crippen LogP contribution in [0.1, 0.15) is 21.7 Å². The maximum absolute atomic E-state index is 12.5. The summed E-state index contributed by atoms with van der Waals surface area (Å²) in [6.45, 7) is 0.586. The molecule has 25 heavy (non-hydrogen) atoms. The highest BCUT2D eigenvalue weighted by atomic mass is 16.7. The van der Waals surface area contributed by atoms with Gasteiger partial charge in [0.2, 0.25) is 12.6 Å². The van der Waals surface area contributed by atoms with E-state index in [-0.39, 0.29) is 25.8 Å². The monoisotopic (exact) mass is 340 g/mol. The van der Waals surface area contributed by atoms with Crippen molar-refractivity contribution in [1.82, 2.24) is 0 Å². The number of ether oxygens (including phenoxy) is 4. The van der Waals surface area contributed by atoms with Crippen molar-refractivity contribution in [2.24, 2.45) is 0 Å². The molecule has 4 rings (SSSR count). The molecule has 0 saturated heterocycles. The van der Waals surface area contributed by atoms with Gasteiger partial charge in [-0.25, -0.2) is 4.79 Å². The van der Waals surface area contributed by atoms with E-state index < -0.39 is 5.97 Å². The van der Waals surface area contributed by atoms with Gasteiger partial charge in [0.25, 0.3) is 0 Å². The number of fused-ring (bicyclic) bond motifs is 2. The molecule has 0 unspecified atom stereocenters. The molecule has 1 aromatic heterocycles. The molecule has 128 valence electrons. The fourth-order valence-corrected chi connectivity index (χ4v) is 2.80. The van der Waals surface area contributed by atoms with E-state index in [2.05, 4.69) is 0 Å². The van der Waals surface area contributed by atoms with Gasteiger partial charge in [-0.15, -0.1) is 0 Å². The summed E-state index contributed by atoms with van der Waals surface area (Å²) in [5.41, 5.74) is 2.13. The average Bonchev–Trinajstić information content (AvgIpc) is 3.24. The van der Waals surface area contributed by atoms with Gasteiger partial charge in [-0.1, -0.05) is 24.3 Å². The third kappa shape index (κ3) is 2.92. The zero-order chi connectivity index (χ0) is 17.2. The fourth-order valence-electron chi connectivity index (χ4n) is 2.80. The van der Waals surface area contributed by atoms with Crippen LogP contribution in [0, 0.1) is 0 Å². The number of hydrogen-bond acceptors (Lipinski definition) is 6. The Morgan fingerprint density at radius 1 is 1.08 bits per heavy atom. The van der Waals surface area contributed by atoms with E-state index in [4.69, 9.17) is 23.4 Å². The molecule has 0 saturated carbocycles. The number of benzene rings is 2. The van der Waals surface area contributed by atoms with Crippen molar-refractivity contribution in [3.05, 3.63) is 59.4 Å². The van der Waals surface area contributed by atoms with Gasteiger partial charge in [0.15, 0.2) is 11.5 Å². The van der Waals surface area contributed by atoms with E-state index in [1.54, 1.807) is 19.2 Å². The SMILES string of the molecule is COCc1c(C(=O)OCc2ccc3c(c2)OCO3)oc2ccccc12. The van der Waals surface area contributed by atoms with Gasteiger partial charge in [0.05, 0.1) is 6.61 Å². The van der Waals surface area contributed by atoms with Crippen LogP contribution in [-0.2, 0) is 22.7 Å². The third-order valence-corrected chi connectivity index (χ3v) is 3.98. The van der Waals surface area contributed by atoms with Gasteiger partial charge in [0, 0.05) is 18.1 Å². The molecular weight excluding hydrogens is 324 g/mol. The minimum absolute atomic E-state index is 0.110. The lowest BCUT2D eigenvalue weighted by Gasteiger charge is -2.06. The molecule has 0 fully saturated rings. The minimum Gasteiger partial charge on any atom is -0.455 e. The molecular formula is C19H16O6. The Kier molecular flexibility index (Phi) is 4.03. The van der Waals surface area contributed by atoms with Gasteiger partial charge >= 0.3 is 5.97 Å². The first-order chi connectivity index (χ1) is 12.3. The summed E-state index contributed by atoms with van der Waals surface area (Å²) in [5.74, 6) is 0.983. The molecule has 3 aromatic rings. The highest BCUT2D eigenvalue weighted by Crippen LogP contribution is 2.33. The second-order valence-corrected chi connectivity index (χ2v) is 5.60. The van der Waals surface area contributed by atoms with Gasteiger partial charge in [-0.2, -0.15) is 0 Å². The van der Waals surface area contributed by atoms with Crippen molar-refractivity contribution in [3.8, 4) is 11.5 Å². The molecule has 2 aromatic carbocycles. The molecule has 0 bridgehead atoms. The van der Waals surface area contributed by atoms with Crippen LogP contribution < -0.4 is 9.47 Å². The van der Waals surface area contributed by atoms with E-state index in [0.717, 1.165) is 10.9 Å². The maximum atomic E-state index is 12.5. The Labute approximate surface area is 143 Å². The van der Waals surface area contributed by atoms with Gasteiger partial charge in [-0.05, 0) is 23.8 Å². The third-order valence-electron chi connectivity index (χ3n) is 3.98. The number of furan rings is 1. The largest absolute Gasteiger partial charge is 0.455 e. The molecule has 1 aliphatic heterocycles. The van der Waals surface area contributed by atoms with Gasteiger partial charge in [-0.3, -0.25) is 0 Å². The summed E-state index contributed by atoms with van der Waals surface area (Å²) < 4.78 is 26.9. The molecule has 0 amide bonds. The van der Waals surface area contributed by atoms with Crippen molar-refractivity contribution in [2.75, 3.05) is 13.9 Å². The van der Waals surface area contributed by atoms with E-state index >= 15 is 0 Å². The molecule has 0 radical (unpaired) electrons. The van der Waals surface area contributed by atoms with Crippen LogP contribution >= 0.6 is 0 Å². The predicted molar refractivity (Wildman–Crippen MR) is 88.6 cm³/mol.